The first-order chi connectivity index (χ1) is 22.8. The van der Waals surface area contributed by atoms with Gasteiger partial charge in [0.2, 0.25) is 11.8 Å². The molecule has 5 rings (SSSR count). The lowest BCUT2D eigenvalue weighted by molar-refractivity contribution is -0.152. The Morgan fingerprint density at radius 2 is 1.62 bits per heavy atom. The Balaban J connectivity index is 1.28. The highest BCUT2D eigenvalue weighted by Crippen LogP contribution is 2.44. The van der Waals surface area contributed by atoms with Crippen molar-refractivity contribution >= 4 is 23.9 Å². The normalized spacial score (nSPS) is 20.6. The number of hydrogen-bond acceptors (Lipinski definition) is 7. The van der Waals surface area contributed by atoms with E-state index in [-0.39, 0.29) is 50.3 Å². The maximum Gasteiger partial charge on any atom is 0.407 e. The second-order valence-electron chi connectivity index (χ2n) is 11.9. The van der Waals surface area contributed by atoms with E-state index in [2.05, 4.69) is 28.1 Å². The Labute approximate surface area is 274 Å². The van der Waals surface area contributed by atoms with Crippen molar-refractivity contribution in [1.82, 2.24) is 16.0 Å². The lowest BCUT2D eigenvalue weighted by Crippen LogP contribution is -2.44. The molecule has 10 heteroatoms. The van der Waals surface area contributed by atoms with E-state index in [9.17, 15) is 24.3 Å². The molecule has 10 nitrogen and oxygen atoms in total. The van der Waals surface area contributed by atoms with Gasteiger partial charge in [-0.15, -0.1) is 0 Å². The molecule has 0 spiro atoms. The van der Waals surface area contributed by atoms with Gasteiger partial charge in [0, 0.05) is 18.4 Å². The van der Waals surface area contributed by atoms with Crippen LogP contribution in [0, 0.1) is 5.92 Å². The molecule has 0 aromatic heterocycles. The molecule has 4 atom stereocenters. The molecule has 3 aromatic rings. The SMILES string of the molecule is C[C@@H](CO)NC(=O)C[C@H]1CC=CCC[C@H](NC(=O)OCC2c3ccccc3-c3ccccc32)C(=O)O[C@@H](c2ccccc2)CNC1=O. The van der Waals surface area contributed by atoms with Gasteiger partial charge in [-0.3, -0.25) is 9.59 Å². The average molecular weight is 640 g/mol. The summed E-state index contributed by atoms with van der Waals surface area (Å²) in [5, 5.41) is 17.5. The zero-order valence-electron chi connectivity index (χ0n) is 26.4. The highest BCUT2D eigenvalue weighted by Gasteiger charge is 2.31. The Hall–Kier alpha value is -4.96. The van der Waals surface area contributed by atoms with E-state index >= 15 is 0 Å². The fraction of sp³-hybridized carbons (Fsp3) is 0.351. The summed E-state index contributed by atoms with van der Waals surface area (Å²) >= 11 is 0. The lowest BCUT2D eigenvalue weighted by atomic mass is 9.98. The zero-order valence-corrected chi connectivity index (χ0v) is 26.4. The maximum atomic E-state index is 13.5. The van der Waals surface area contributed by atoms with Crippen molar-refractivity contribution in [2.75, 3.05) is 19.8 Å². The fourth-order valence-corrected chi connectivity index (χ4v) is 6.01. The Morgan fingerprint density at radius 1 is 0.957 bits per heavy atom. The van der Waals surface area contributed by atoms with Crippen LogP contribution in [-0.4, -0.2) is 60.8 Å². The third-order valence-electron chi connectivity index (χ3n) is 8.50. The van der Waals surface area contributed by atoms with Gasteiger partial charge in [-0.25, -0.2) is 9.59 Å². The molecule has 1 aliphatic carbocycles. The van der Waals surface area contributed by atoms with Crippen LogP contribution in [-0.2, 0) is 23.9 Å². The van der Waals surface area contributed by atoms with Crippen LogP contribution in [0.15, 0.2) is 91.0 Å². The molecule has 0 saturated carbocycles. The number of carbonyl (C=O) groups is 4. The van der Waals surface area contributed by atoms with Crippen molar-refractivity contribution in [2.45, 2.75) is 56.7 Å². The first-order valence-corrected chi connectivity index (χ1v) is 16.0. The molecule has 0 radical (unpaired) electrons. The standard InChI is InChI=1S/C37H41N3O7/c1-24(22-41)39-34(42)20-26-14-6-3-7-19-32(36(44)47-33(21-38-35(26)43)25-12-4-2-5-13-25)40-37(45)46-23-31-29-17-10-8-15-27(29)28-16-9-11-18-30(28)31/h2-6,8-13,15-18,24,26,31-33,41H,7,14,19-23H2,1H3,(H,38,43)(H,39,42)(H,40,45)/t24-,26+,32-,33+/m0/s1. The predicted octanol–water partition coefficient (Wildman–Crippen LogP) is 4.54. The van der Waals surface area contributed by atoms with Gasteiger partial charge in [0.1, 0.15) is 18.8 Å². The van der Waals surface area contributed by atoms with Crippen LogP contribution in [0.2, 0.25) is 0 Å². The summed E-state index contributed by atoms with van der Waals surface area (Å²) in [6.45, 7) is 1.54. The van der Waals surface area contributed by atoms with Crippen LogP contribution < -0.4 is 16.0 Å². The first-order valence-electron chi connectivity index (χ1n) is 16.0. The van der Waals surface area contributed by atoms with Gasteiger partial charge in [-0.05, 0) is 54.0 Å². The molecule has 1 heterocycles. The number of nitrogens with one attached hydrogen (secondary N) is 3. The minimum absolute atomic E-state index is 0.0267. The number of aliphatic hydroxyl groups is 1. The van der Waals surface area contributed by atoms with Gasteiger partial charge < -0.3 is 30.5 Å². The summed E-state index contributed by atoms with van der Waals surface area (Å²) in [7, 11) is 0. The van der Waals surface area contributed by atoms with Crippen molar-refractivity contribution in [3.8, 4) is 11.1 Å². The maximum absolute atomic E-state index is 13.5. The number of esters is 1. The smallest absolute Gasteiger partial charge is 0.407 e. The molecule has 0 bridgehead atoms. The number of ether oxygens (including phenoxy) is 2. The van der Waals surface area contributed by atoms with Crippen LogP contribution >= 0.6 is 0 Å². The summed E-state index contributed by atoms with van der Waals surface area (Å²) in [6, 6.07) is 23.7. The van der Waals surface area contributed by atoms with E-state index in [0.29, 0.717) is 18.4 Å². The van der Waals surface area contributed by atoms with E-state index in [1.807, 2.05) is 48.5 Å². The highest BCUT2D eigenvalue weighted by molar-refractivity contribution is 5.86. The summed E-state index contributed by atoms with van der Waals surface area (Å²) in [4.78, 5) is 52.4. The summed E-state index contributed by atoms with van der Waals surface area (Å²) in [5.41, 5.74) is 5.06. The molecule has 47 heavy (non-hydrogen) atoms. The Morgan fingerprint density at radius 3 is 2.30 bits per heavy atom. The Kier molecular flexibility index (Phi) is 11.4. The second kappa shape index (κ2) is 16.0. The number of rotatable bonds is 8. The summed E-state index contributed by atoms with van der Waals surface area (Å²) in [5.74, 6) is -2.15. The number of alkyl carbamates (subject to hydrolysis) is 1. The van der Waals surface area contributed by atoms with Gasteiger partial charge in [0.15, 0.2) is 0 Å². The lowest BCUT2D eigenvalue weighted by Gasteiger charge is -2.24. The van der Waals surface area contributed by atoms with E-state index in [1.54, 1.807) is 37.3 Å². The fourth-order valence-electron chi connectivity index (χ4n) is 6.01. The minimum atomic E-state index is -1.00. The Bertz CT molecular complexity index is 1550. The van der Waals surface area contributed by atoms with Crippen molar-refractivity contribution in [1.29, 1.82) is 0 Å². The number of carbonyl (C=O) groups excluding carboxylic acids is 4. The van der Waals surface area contributed by atoms with Gasteiger partial charge in [0.25, 0.3) is 0 Å². The number of amides is 3. The molecular weight excluding hydrogens is 598 g/mol. The first kappa shape index (κ1) is 33.4. The van der Waals surface area contributed by atoms with E-state index in [1.165, 1.54) is 0 Å². The zero-order chi connectivity index (χ0) is 33.2. The molecular formula is C37H41N3O7. The number of hydrogen-bond donors (Lipinski definition) is 4. The van der Waals surface area contributed by atoms with Crippen molar-refractivity contribution in [3.63, 3.8) is 0 Å². The average Bonchev–Trinajstić information content (AvgIpc) is 3.41. The second-order valence-corrected chi connectivity index (χ2v) is 11.9. The molecule has 1 aliphatic heterocycles. The van der Waals surface area contributed by atoms with Gasteiger partial charge in [-0.1, -0.05) is 91.0 Å². The minimum Gasteiger partial charge on any atom is -0.454 e. The van der Waals surface area contributed by atoms with Crippen LogP contribution in [0.25, 0.3) is 11.1 Å². The number of fused-ring (bicyclic) bond motifs is 3. The van der Waals surface area contributed by atoms with E-state index in [0.717, 1.165) is 22.3 Å². The third kappa shape index (κ3) is 8.65. The molecule has 3 amide bonds. The monoisotopic (exact) mass is 639 g/mol. The van der Waals surface area contributed by atoms with Crippen molar-refractivity contribution in [3.05, 3.63) is 108 Å². The van der Waals surface area contributed by atoms with Crippen LogP contribution in [0.3, 0.4) is 0 Å². The number of allylic oxidation sites excluding steroid dienone is 2. The van der Waals surface area contributed by atoms with E-state index < -0.39 is 36.2 Å². The van der Waals surface area contributed by atoms with Gasteiger partial charge in [0.05, 0.1) is 19.1 Å². The van der Waals surface area contributed by atoms with Crippen LogP contribution in [0.4, 0.5) is 4.79 Å². The molecule has 0 fully saturated rings. The summed E-state index contributed by atoms with van der Waals surface area (Å²) < 4.78 is 11.6. The molecule has 0 unspecified atom stereocenters. The largest absolute Gasteiger partial charge is 0.454 e. The molecule has 2 aliphatic rings. The molecule has 4 N–H and O–H groups in total. The topological polar surface area (TPSA) is 143 Å². The van der Waals surface area contributed by atoms with Crippen molar-refractivity contribution in [2.24, 2.45) is 5.92 Å². The molecule has 0 saturated heterocycles. The number of aliphatic hydroxyl groups excluding tert-OH is 1. The number of cyclic esters (lactones) is 1. The highest BCUT2D eigenvalue weighted by atomic mass is 16.6. The van der Waals surface area contributed by atoms with Crippen LogP contribution in [0.1, 0.15) is 61.3 Å². The quantitative estimate of drug-likeness (QED) is 0.209. The number of benzene rings is 3. The molecule has 246 valence electrons. The molecule has 3 aromatic carbocycles. The summed E-state index contributed by atoms with van der Waals surface area (Å²) in [6.07, 6.45) is 2.93. The van der Waals surface area contributed by atoms with E-state index in [4.69, 9.17) is 9.47 Å². The van der Waals surface area contributed by atoms with Gasteiger partial charge >= 0.3 is 12.1 Å². The van der Waals surface area contributed by atoms with Crippen molar-refractivity contribution < 1.29 is 33.8 Å². The third-order valence-corrected chi connectivity index (χ3v) is 8.50. The predicted molar refractivity (Wildman–Crippen MR) is 176 cm³/mol. The van der Waals surface area contributed by atoms with Gasteiger partial charge in [-0.2, -0.15) is 0 Å². The van der Waals surface area contributed by atoms with Crippen LogP contribution in [0.5, 0.6) is 0 Å².